The number of amides is 1. The van der Waals surface area contributed by atoms with Crippen molar-refractivity contribution in [3.8, 4) is 0 Å². The summed E-state index contributed by atoms with van der Waals surface area (Å²) >= 11 is 7.57. The zero-order valence-corrected chi connectivity index (χ0v) is 14.1. The Morgan fingerprint density at radius 3 is 2.67 bits per heavy atom. The number of thiazole rings is 1. The van der Waals surface area contributed by atoms with Gasteiger partial charge in [0.25, 0.3) is 0 Å². The van der Waals surface area contributed by atoms with E-state index in [9.17, 15) is 4.79 Å². The third kappa shape index (κ3) is 3.95. The predicted octanol–water partition coefficient (Wildman–Crippen LogP) is 3.66. The lowest BCUT2D eigenvalue weighted by Gasteiger charge is -2.18. The van der Waals surface area contributed by atoms with E-state index in [1.165, 1.54) is 0 Å². The molecule has 4 nitrogen and oxygen atoms in total. The number of rotatable bonds is 4. The van der Waals surface area contributed by atoms with Crippen LogP contribution in [-0.4, -0.2) is 25.0 Å². The number of aromatic nitrogens is 1. The molecule has 0 saturated heterocycles. The maximum Gasteiger partial charge on any atom is 0.229 e. The zero-order valence-electron chi connectivity index (χ0n) is 12.5. The highest BCUT2D eigenvalue weighted by Gasteiger charge is 2.13. The highest BCUT2D eigenvalue weighted by molar-refractivity contribution is 7.11. The third-order valence-corrected chi connectivity index (χ3v) is 4.34. The molecule has 0 fully saturated rings. The molecule has 2 rings (SSSR count). The molecular weight excluding hydrogens is 306 g/mol. The van der Waals surface area contributed by atoms with Crippen LogP contribution in [0.5, 0.6) is 0 Å². The topological polar surface area (TPSA) is 45.2 Å². The standard InChI is InChI=1S/C15H18ClN3OS/c1-9-14(21-10(2)17-9)8-15(20)18-12-7-11(16)5-6-13(12)19(3)4/h5-7H,8H2,1-4H3,(H,18,20). The van der Waals surface area contributed by atoms with Crippen LogP contribution in [0.4, 0.5) is 11.4 Å². The number of hydrogen-bond acceptors (Lipinski definition) is 4. The first kappa shape index (κ1) is 15.8. The number of nitrogens with one attached hydrogen (secondary N) is 1. The van der Waals surface area contributed by atoms with E-state index in [0.717, 1.165) is 27.0 Å². The molecule has 0 aliphatic rings. The molecule has 0 bridgehead atoms. The molecule has 0 aliphatic carbocycles. The number of benzene rings is 1. The Hall–Kier alpha value is -1.59. The van der Waals surface area contributed by atoms with Gasteiger partial charge in [0, 0.05) is 24.0 Å². The molecule has 0 atom stereocenters. The van der Waals surface area contributed by atoms with Crippen LogP contribution in [0.3, 0.4) is 0 Å². The smallest absolute Gasteiger partial charge is 0.229 e. The lowest BCUT2D eigenvalue weighted by atomic mass is 10.2. The molecule has 6 heteroatoms. The van der Waals surface area contributed by atoms with Gasteiger partial charge in [-0.05, 0) is 32.0 Å². The van der Waals surface area contributed by atoms with Crippen molar-refractivity contribution in [3.05, 3.63) is 38.8 Å². The average molecular weight is 324 g/mol. The minimum atomic E-state index is -0.0629. The quantitative estimate of drug-likeness (QED) is 0.934. The molecule has 0 aliphatic heterocycles. The fraction of sp³-hybridized carbons (Fsp3) is 0.333. The summed E-state index contributed by atoms with van der Waals surface area (Å²) < 4.78 is 0. The first-order valence-corrected chi connectivity index (χ1v) is 7.76. The minimum absolute atomic E-state index is 0.0629. The van der Waals surface area contributed by atoms with Crippen LogP contribution in [0, 0.1) is 13.8 Å². The van der Waals surface area contributed by atoms with E-state index in [-0.39, 0.29) is 5.91 Å². The molecule has 2 aromatic rings. The summed E-state index contributed by atoms with van der Waals surface area (Å²) in [5.41, 5.74) is 2.56. The number of nitrogens with zero attached hydrogens (tertiary/aromatic N) is 2. The highest BCUT2D eigenvalue weighted by Crippen LogP contribution is 2.28. The Morgan fingerprint density at radius 1 is 1.38 bits per heavy atom. The summed E-state index contributed by atoms with van der Waals surface area (Å²) in [5, 5.41) is 4.51. The Kier molecular flexibility index (Phi) is 4.85. The number of hydrogen-bond donors (Lipinski definition) is 1. The average Bonchev–Trinajstić information content (AvgIpc) is 2.67. The van der Waals surface area contributed by atoms with Crippen molar-refractivity contribution in [3.63, 3.8) is 0 Å². The molecular formula is C15H18ClN3OS. The summed E-state index contributed by atoms with van der Waals surface area (Å²) in [6, 6.07) is 5.46. The maximum atomic E-state index is 12.2. The number of anilines is 2. The van der Waals surface area contributed by atoms with E-state index < -0.39 is 0 Å². The Morgan fingerprint density at radius 2 is 2.10 bits per heavy atom. The van der Waals surface area contributed by atoms with Crippen molar-refractivity contribution in [2.75, 3.05) is 24.3 Å². The van der Waals surface area contributed by atoms with Crippen LogP contribution in [0.1, 0.15) is 15.6 Å². The van der Waals surface area contributed by atoms with Gasteiger partial charge < -0.3 is 10.2 Å². The largest absolute Gasteiger partial charge is 0.376 e. The molecule has 1 aromatic carbocycles. The van der Waals surface area contributed by atoms with Crippen molar-refractivity contribution in [2.45, 2.75) is 20.3 Å². The Balaban J connectivity index is 2.16. The number of halogens is 1. The maximum absolute atomic E-state index is 12.2. The van der Waals surface area contributed by atoms with E-state index >= 15 is 0 Å². The zero-order chi connectivity index (χ0) is 15.6. The van der Waals surface area contributed by atoms with E-state index in [2.05, 4.69) is 10.3 Å². The number of carbonyl (C=O) groups is 1. The molecule has 0 saturated carbocycles. The SMILES string of the molecule is Cc1nc(C)c(CC(=O)Nc2cc(Cl)ccc2N(C)C)s1. The van der Waals surface area contributed by atoms with Crippen molar-refractivity contribution in [1.29, 1.82) is 0 Å². The van der Waals surface area contributed by atoms with Gasteiger partial charge in [-0.2, -0.15) is 0 Å². The molecule has 21 heavy (non-hydrogen) atoms. The summed E-state index contributed by atoms with van der Waals surface area (Å²) in [6.45, 7) is 3.87. The normalized spacial score (nSPS) is 10.5. The molecule has 0 radical (unpaired) electrons. The van der Waals surface area contributed by atoms with Gasteiger partial charge in [0.1, 0.15) is 0 Å². The van der Waals surface area contributed by atoms with Gasteiger partial charge in [-0.1, -0.05) is 11.6 Å². The minimum Gasteiger partial charge on any atom is -0.376 e. The summed E-state index contributed by atoms with van der Waals surface area (Å²) in [7, 11) is 3.85. The molecule has 1 amide bonds. The van der Waals surface area contributed by atoms with Crippen molar-refractivity contribution in [1.82, 2.24) is 4.98 Å². The monoisotopic (exact) mass is 323 g/mol. The fourth-order valence-corrected chi connectivity index (χ4v) is 3.18. The van der Waals surface area contributed by atoms with Gasteiger partial charge in [-0.25, -0.2) is 4.98 Å². The lowest BCUT2D eigenvalue weighted by molar-refractivity contribution is -0.115. The first-order chi connectivity index (χ1) is 9.86. The van der Waals surface area contributed by atoms with Gasteiger partial charge in [-0.3, -0.25) is 4.79 Å². The van der Waals surface area contributed by atoms with Gasteiger partial charge in [0.05, 0.1) is 28.5 Å². The molecule has 1 N–H and O–H groups in total. The number of carbonyl (C=O) groups excluding carboxylic acids is 1. The van der Waals surface area contributed by atoms with Crippen LogP contribution < -0.4 is 10.2 Å². The lowest BCUT2D eigenvalue weighted by Crippen LogP contribution is -2.18. The van der Waals surface area contributed by atoms with Crippen LogP contribution in [-0.2, 0) is 11.2 Å². The fourth-order valence-electron chi connectivity index (χ4n) is 2.08. The van der Waals surface area contributed by atoms with Gasteiger partial charge >= 0.3 is 0 Å². The van der Waals surface area contributed by atoms with Gasteiger partial charge in [0.2, 0.25) is 5.91 Å². The van der Waals surface area contributed by atoms with Gasteiger partial charge in [-0.15, -0.1) is 11.3 Å². The van der Waals surface area contributed by atoms with E-state index in [4.69, 9.17) is 11.6 Å². The van der Waals surface area contributed by atoms with Crippen molar-refractivity contribution < 1.29 is 4.79 Å². The van der Waals surface area contributed by atoms with Crippen molar-refractivity contribution in [2.24, 2.45) is 0 Å². The molecule has 1 aromatic heterocycles. The predicted molar refractivity (Wildman–Crippen MR) is 89.7 cm³/mol. The summed E-state index contributed by atoms with van der Waals surface area (Å²) in [4.78, 5) is 19.5. The summed E-state index contributed by atoms with van der Waals surface area (Å²) in [5.74, 6) is -0.0629. The second-order valence-corrected chi connectivity index (χ2v) is 6.75. The molecule has 0 spiro atoms. The Labute approximate surface area is 133 Å². The van der Waals surface area contributed by atoms with Crippen LogP contribution in [0.15, 0.2) is 18.2 Å². The van der Waals surface area contributed by atoms with Crippen LogP contribution >= 0.6 is 22.9 Å². The molecule has 0 unspecified atom stereocenters. The number of aryl methyl sites for hydroxylation is 2. The van der Waals surface area contributed by atoms with E-state index in [1.807, 2.05) is 45.0 Å². The first-order valence-electron chi connectivity index (χ1n) is 6.56. The van der Waals surface area contributed by atoms with Crippen LogP contribution in [0.2, 0.25) is 5.02 Å². The van der Waals surface area contributed by atoms with E-state index in [1.54, 1.807) is 17.4 Å². The molecule has 112 valence electrons. The van der Waals surface area contributed by atoms with Crippen LogP contribution in [0.25, 0.3) is 0 Å². The second kappa shape index (κ2) is 6.45. The highest BCUT2D eigenvalue weighted by atomic mass is 35.5. The van der Waals surface area contributed by atoms with E-state index in [0.29, 0.717) is 11.4 Å². The third-order valence-electron chi connectivity index (χ3n) is 3.04. The van der Waals surface area contributed by atoms with Gasteiger partial charge in [0.15, 0.2) is 0 Å². The Bertz CT molecular complexity index is 667. The second-order valence-electron chi connectivity index (χ2n) is 5.02. The summed E-state index contributed by atoms with van der Waals surface area (Å²) in [6.07, 6.45) is 0.330. The molecule has 1 heterocycles. The van der Waals surface area contributed by atoms with Crippen molar-refractivity contribution >= 4 is 40.2 Å².